The summed E-state index contributed by atoms with van der Waals surface area (Å²) in [4.78, 5) is 5.15. The molecule has 4 nitrogen and oxygen atoms in total. The molecule has 2 rings (SSSR count). The van der Waals surface area contributed by atoms with Gasteiger partial charge in [0.1, 0.15) is 10.7 Å². The molecule has 20 heavy (non-hydrogen) atoms. The zero-order valence-corrected chi connectivity index (χ0v) is 13.2. The van der Waals surface area contributed by atoms with Crippen LogP contribution in [0.1, 0.15) is 17.5 Å². The van der Waals surface area contributed by atoms with Crippen molar-refractivity contribution in [2.45, 2.75) is 19.0 Å². The van der Waals surface area contributed by atoms with E-state index in [4.69, 9.17) is 22.7 Å². The van der Waals surface area contributed by atoms with Gasteiger partial charge in [-0.15, -0.1) is 0 Å². The van der Waals surface area contributed by atoms with Gasteiger partial charge in [0.2, 0.25) is 0 Å². The molecule has 0 aliphatic carbocycles. The second-order valence-electron chi connectivity index (χ2n) is 5.54. The van der Waals surface area contributed by atoms with E-state index in [0.29, 0.717) is 11.0 Å². The lowest BCUT2D eigenvalue weighted by Gasteiger charge is -2.20. The largest absolute Gasteiger partial charge is 0.496 e. The van der Waals surface area contributed by atoms with Crippen LogP contribution in [0, 0.1) is 0 Å². The summed E-state index contributed by atoms with van der Waals surface area (Å²) < 4.78 is 5.38. The highest BCUT2D eigenvalue weighted by Gasteiger charge is 2.23. The predicted octanol–water partition coefficient (Wildman–Crippen LogP) is 1.47. The second-order valence-corrected chi connectivity index (χ2v) is 5.98. The average Bonchev–Trinajstić information content (AvgIpc) is 2.87. The van der Waals surface area contributed by atoms with Crippen molar-refractivity contribution < 1.29 is 4.74 Å². The van der Waals surface area contributed by atoms with Gasteiger partial charge in [0, 0.05) is 25.7 Å². The van der Waals surface area contributed by atoms with Crippen molar-refractivity contribution in [2.75, 3.05) is 34.3 Å². The van der Waals surface area contributed by atoms with E-state index >= 15 is 0 Å². The van der Waals surface area contributed by atoms with Crippen molar-refractivity contribution >= 4 is 17.2 Å². The lowest BCUT2D eigenvalue weighted by Crippen LogP contribution is -2.31. The number of hydrogen-bond donors (Lipinski definition) is 1. The van der Waals surface area contributed by atoms with E-state index in [-0.39, 0.29) is 0 Å². The van der Waals surface area contributed by atoms with Crippen LogP contribution in [0.4, 0.5) is 0 Å². The first kappa shape index (κ1) is 15.2. The van der Waals surface area contributed by atoms with E-state index in [2.05, 4.69) is 30.0 Å². The maximum absolute atomic E-state index is 5.69. The van der Waals surface area contributed by atoms with Crippen molar-refractivity contribution in [3.05, 3.63) is 29.3 Å². The predicted molar refractivity (Wildman–Crippen MR) is 86.3 cm³/mol. The maximum atomic E-state index is 5.69. The molecule has 1 aromatic carbocycles. The van der Waals surface area contributed by atoms with Crippen LogP contribution in [-0.2, 0) is 6.54 Å². The van der Waals surface area contributed by atoms with Gasteiger partial charge in [-0.2, -0.15) is 0 Å². The third-order valence-corrected chi connectivity index (χ3v) is 4.14. The number of rotatable bonds is 5. The standard InChI is InChI=1S/C15H23N3OS/c1-17(2)12-6-7-18(10-12)9-11-4-5-13(15(16)20)14(8-11)19-3/h4-5,8,12H,6-7,9-10H2,1-3H3,(H2,16,20). The fraction of sp³-hybridized carbons (Fsp3) is 0.533. The van der Waals surface area contributed by atoms with E-state index in [9.17, 15) is 0 Å². The monoisotopic (exact) mass is 293 g/mol. The highest BCUT2D eigenvalue weighted by Crippen LogP contribution is 2.23. The minimum atomic E-state index is 0.377. The van der Waals surface area contributed by atoms with E-state index < -0.39 is 0 Å². The quantitative estimate of drug-likeness (QED) is 0.833. The molecule has 0 radical (unpaired) electrons. The first-order valence-electron chi connectivity index (χ1n) is 6.86. The molecule has 1 fully saturated rings. The fourth-order valence-corrected chi connectivity index (χ4v) is 2.84. The van der Waals surface area contributed by atoms with E-state index in [1.165, 1.54) is 12.0 Å². The molecule has 0 spiro atoms. The molecule has 1 atom stereocenters. The van der Waals surface area contributed by atoms with Crippen molar-refractivity contribution in [2.24, 2.45) is 5.73 Å². The van der Waals surface area contributed by atoms with Crippen LogP contribution in [0.15, 0.2) is 18.2 Å². The highest BCUT2D eigenvalue weighted by molar-refractivity contribution is 7.80. The van der Waals surface area contributed by atoms with Crippen LogP contribution in [-0.4, -0.2) is 55.1 Å². The van der Waals surface area contributed by atoms with Gasteiger partial charge in [-0.25, -0.2) is 0 Å². The summed E-state index contributed by atoms with van der Waals surface area (Å²) in [6, 6.07) is 6.74. The van der Waals surface area contributed by atoms with E-state index in [1.807, 2.05) is 12.1 Å². The van der Waals surface area contributed by atoms with E-state index in [1.54, 1.807) is 7.11 Å². The lowest BCUT2D eigenvalue weighted by atomic mass is 10.1. The van der Waals surface area contributed by atoms with Crippen molar-refractivity contribution in [3.63, 3.8) is 0 Å². The van der Waals surface area contributed by atoms with Crippen LogP contribution in [0.3, 0.4) is 0 Å². The number of nitrogens with zero attached hydrogens (tertiary/aromatic N) is 2. The Hall–Kier alpha value is -1.17. The third kappa shape index (κ3) is 3.48. The zero-order chi connectivity index (χ0) is 14.7. The number of ether oxygens (including phenoxy) is 1. The van der Waals surface area contributed by atoms with Gasteiger partial charge in [-0.1, -0.05) is 18.3 Å². The Bertz CT molecular complexity index is 490. The number of benzene rings is 1. The minimum absolute atomic E-state index is 0.377. The maximum Gasteiger partial charge on any atom is 0.129 e. The molecular weight excluding hydrogens is 270 g/mol. The lowest BCUT2D eigenvalue weighted by molar-refractivity contribution is 0.264. The van der Waals surface area contributed by atoms with Crippen LogP contribution in [0.25, 0.3) is 0 Å². The Morgan fingerprint density at radius 1 is 1.50 bits per heavy atom. The Labute approximate surface area is 126 Å². The molecule has 1 saturated heterocycles. The first-order chi connectivity index (χ1) is 9.51. The molecule has 1 aromatic rings. The molecule has 1 unspecified atom stereocenters. The number of methoxy groups -OCH3 is 1. The summed E-state index contributed by atoms with van der Waals surface area (Å²) in [7, 11) is 5.95. The highest BCUT2D eigenvalue weighted by atomic mass is 32.1. The van der Waals surface area contributed by atoms with Crippen molar-refractivity contribution in [3.8, 4) is 5.75 Å². The summed E-state index contributed by atoms with van der Waals surface area (Å²) in [5.74, 6) is 0.762. The number of likely N-dealkylation sites (N-methyl/N-ethyl adjacent to an activating group) is 1. The second kappa shape index (κ2) is 6.52. The van der Waals surface area contributed by atoms with Gasteiger partial charge in [-0.3, -0.25) is 4.90 Å². The van der Waals surface area contributed by atoms with Gasteiger partial charge >= 0.3 is 0 Å². The molecule has 5 heteroatoms. The molecular formula is C15H23N3OS. The first-order valence-corrected chi connectivity index (χ1v) is 7.27. The Balaban J connectivity index is 2.05. The Kier molecular flexibility index (Phi) is 4.96. The molecule has 1 heterocycles. The Morgan fingerprint density at radius 3 is 2.80 bits per heavy atom. The summed E-state index contributed by atoms with van der Waals surface area (Å²) >= 11 is 5.03. The summed E-state index contributed by atoms with van der Waals surface area (Å²) in [6.45, 7) is 3.20. The molecule has 1 aliphatic rings. The summed E-state index contributed by atoms with van der Waals surface area (Å²) in [6.07, 6.45) is 1.23. The average molecular weight is 293 g/mol. The molecule has 2 N–H and O–H groups in total. The van der Waals surface area contributed by atoms with Gasteiger partial charge in [0.05, 0.1) is 12.7 Å². The normalized spacial score (nSPS) is 19.5. The Morgan fingerprint density at radius 2 is 2.25 bits per heavy atom. The van der Waals surface area contributed by atoms with Crippen LogP contribution >= 0.6 is 12.2 Å². The summed E-state index contributed by atoms with van der Waals surface area (Å²) in [5.41, 5.74) is 7.73. The van der Waals surface area contributed by atoms with E-state index in [0.717, 1.165) is 30.9 Å². The molecule has 0 bridgehead atoms. The van der Waals surface area contributed by atoms with Crippen LogP contribution in [0.5, 0.6) is 5.75 Å². The fourth-order valence-electron chi connectivity index (χ4n) is 2.67. The van der Waals surface area contributed by atoms with Crippen LogP contribution < -0.4 is 10.5 Å². The molecule has 0 saturated carbocycles. The molecule has 0 amide bonds. The van der Waals surface area contributed by atoms with Gasteiger partial charge in [0.25, 0.3) is 0 Å². The molecule has 1 aliphatic heterocycles. The number of thiocarbonyl (C=S) groups is 1. The van der Waals surface area contributed by atoms with Gasteiger partial charge in [0.15, 0.2) is 0 Å². The number of likely N-dealkylation sites (tertiary alicyclic amines) is 1. The SMILES string of the molecule is COc1cc(CN2CCC(N(C)C)C2)ccc1C(N)=S. The molecule has 110 valence electrons. The van der Waals surface area contributed by atoms with Gasteiger partial charge < -0.3 is 15.4 Å². The van der Waals surface area contributed by atoms with Crippen LogP contribution in [0.2, 0.25) is 0 Å². The van der Waals surface area contributed by atoms with Crippen molar-refractivity contribution in [1.82, 2.24) is 9.80 Å². The number of nitrogens with two attached hydrogens (primary N) is 1. The molecule has 0 aromatic heterocycles. The topological polar surface area (TPSA) is 41.7 Å². The zero-order valence-electron chi connectivity index (χ0n) is 12.4. The van der Waals surface area contributed by atoms with Crippen molar-refractivity contribution in [1.29, 1.82) is 0 Å². The smallest absolute Gasteiger partial charge is 0.129 e. The summed E-state index contributed by atoms with van der Waals surface area (Å²) in [5, 5.41) is 0. The third-order valence-electron chi connectivity index (χ3n) is 3.92. The minimum Gasteiger partial charge on any atom is -0.496 e. The van der Waals surface area contributed by atoms with Gasteiger partial charge in [-0.05, 0) is 38.2 Å². The number of hydrogen-bond acceptors (Lipinski definition) is 4.